The Morgan fingerprint density at radius 2 is 1.06 bits per heavy atom. The molecule has 0 unspecified atom stereocenters. The summed E-state index contributed by atoms with van der Waals surface area (Å²) in [5, 5.41) is 0. The molecule has 0 aromatic heterocycles. The first-order chi connectivity index (χ1) is 7.65. The van der Waals surface area contributed by atoms with E-state index in [0.717, 1.165) is 26.2 Å². The van der Waals surface area contributed by atoms with Crippen LogP contribution in [0.5, 0.6) is 0 Å². The van der Waals surface area contributed by atoms with Crippen LogP contribution in [-0.2, 0) is 13.1 Å². The second kappa shape index (κ2) is 6.66. The minimum atomic E-state index is 1.04. The van der Waals surface area contributed by atoms with Gasteiger partial charge in [0.05, 0.1) is 0 Å². The minimum absolute atomic E-state index is 1.04. The molecule has 0 bridgehead atoms. The maximum Gasteiger partial charge on any atom is 0.0230 e. The molecule has 0 aliphatic heterocycles. The Hall–Kier alpha value is -0.860. The van der Waals surface area contributed by atoms with Crippen LogP contribution in [0.4, 0.5) is 0 Å². The van der Waals surface area contributed by atoms with Crippen molar-refractivity contribution < 1.29 is 0 Å². The molecule has 16 heavy (non-hydrogen) atoms. The lowest BCUT2D eigenvalue weighted by atomic mass is 10.1. The maximum atomic E-state index is 2.31. The predicted octanol–water partition coefficient (Wildman–Crippen LogP) is 2.59. The molecule has 0 aliphatic carbocycles. The van der Waals surface area contributed by atoms with Crippen LogP contribution < -0.4 is 0 Å². The fourth-order valence-corrected chi connectivity index (χ4v) is 1.60. The number of rotatable bonds is 6. The summed E-state index contributed by atoms with van der Waals surface area (Å²) < 4.78 is 0. The van der Waals surface area contributed by atoms with Crippen LogP contribution in [0.15, 0.2) is 24.3 Å². The third-order valence-electron chi connectivity index (χ3n) is 3.01. The monoisotopic (exact) mass is 220 g/mol. The van der Waals surface area contributed by atoms with Crippen molar-refractivity contribution >= 4 is 0 Å². The molecule has 0 saturated heterocycles. The van der Waals surface area contributed by atoms with Crippen molar-refractivity contribution in [2.24, 2.45) is 0 Å². The van der Waals surface area contributed by atoms with E-state index in [9.17, 15) is 0 Å². The molecule has 0 saturated carbocycles. The Morgan fingerprint density at radius 3 is 1.31 bits per heavy atom. The number of nitrogens with zero attached hydrogens (tertiary/aromatic N) is 2. The van der Waals surface area contributed by atoms with Crippen LogP contribution in [0.25, 0.3) is 0 Å². The van der Waals surface area contributed by atoms with E-state index in [1.54, 1.807) is 0 Å². The van der Waals surface area contributed by atoms with Gasteiger partial charge in [0.1, 0.15) is 0 Å². The third-order valence-corrected chi connectivity index (χ3v) is 3.01. The van der Waals surface area contributed by atoms with Crippen LogP contribution in [0.3, 0.4) is 0 Å². The summed E-state index contributed by atoms with van der Waals surface area (Å²) in [6, 6.07) is 8.96. The van der Waals surface area contributed by atoms with Gasteiger partial charge in [-0.2, -0.15) is 0 Å². The standard InChI is InChI=1S/C14H24N2/c1-5-15(3)11-13-7-9-14(10-8-13)12-16(4)6-2/h7-10H,5-6,11-12H2,1-4H3. The second-order valence-electron chi connectivity index (χ2n) is 4.48. The molecule has 0 N–H and O–H groups in total. The van der Waals surface area contributed by atoms with E-state index in [0.29, 0.717) is 0 Å². The molecule has 1 aromatic rings. The molecule has 0 aliphatic rings. The smallest absolute Gasteiger partial charge is 0.0230 e. The summed E-state index contributed by atoms with van der Waals surface area (Å²) in [4.78, 5) is 4.63. The van der Waals surface area contributed by atoms with Gasteiger partial charge in [-0.1, -0.05) is 38.1 Å². The quantitative estimate of drug-likeness (QED) is 0.727. The normalized spacial score (nSPS) is 11.4. The maximum absolute atomic E-state index is 2.31. The van der Waals surface area contributed by atoms with Crippen molar-refractivity contribution in [3.63, 3.8) is 0 Å². The van der Waals surface area contributed by atoms with E-state index in [2.05, 4.69) is 62.0 Å². The molecule has 0 fully saturated rings. The van der Waals surface area contributed by atoms with E-state index in [4.69, 9.17) is 0 Å². The highest BCUT2D eigenvalue weighted by Gasteiger charge is 2.00. The first-order valence-corrected chi connectivity index (χ1v) is 6.10. The van der Waals surface area contributed by atoms with Crippen LogP contribution in [0.2, 0.25) is 0 Å². The second-order valence-corrected chi connectivity index (χ2v) is 4.48. The van der Waals surface area contributed by atoms with Crippen molar-refractivity contribution in [3.05, 3.63) is 35.4 Å². The number of hydrogen-bond donors (Lipinski definition) is 0. The van der Waals surface area contributed by atoms with Crippen LogP contribution in [-0.4, -0.2) is 37.0 Å². The van der Waals surface area contributed by atoms with Gasteiger partial charge in [-0.25, -0.2) is 0 Å². The molecular formula is C14H24N2. The van der Waals surface area contributed by atoms with E-state index >= 15 is 0 Å². The lowest BCUT2D eigenvalue weighted by molar-refractivity contribution is 0.342. The first kappa shape index (κ1) is 13.2. The van der Waals surface area contributed by atoms with Crippen LogP contribution >= 0.6 is 0 Å². The molecule has 0 atom stereocenters. The highest BCUT2D eigenvalue weighted by Crippen LogP contribution is 2.08. The summed E-state index contributed by atoms with van der Waals surface area (Å²) in [5.74, 6) is 0. The van der Waals surface area contributed by atoms with Crippen LogP contribution in [0.1, 0.15) is 25.0 Å². The van der Waals surface area contributed by atoms with Crippen LogP contribution in [0, 0.1) is 0 Å². The molecule has 0 spiro atoms. The summed E-state index contributed by atoms with van der Waals surface area (Å²) in [7, 11) is 4.30. The minimum Gasteiger partial charge on any atom is -0.302 e. The molecule has 90 valence electrons. The summed E-state index contributed by atoms with van der Waals surface area (Å²) in [6.45, 7) is 8.65. The van der Waals surface area contributed by atoms with Crippen molar-refractivity contribution in [1.29, 1.82) is 0 Å². The summed E-state index contributed by atoms with van der Waals surface area (Å²) in [5.41, 5.74) is 2.79. The molecule has 1 aromatic carbocycles. The molecule has 1 rings (SSSR count). The SMILES string of the molecule is CCN(C)Cc1ccc(CN(C)CC)cc1. The zero-order valence-corrected chi connectivity index (χ0v) is 11.0. The zero-order valence-electron chi connectivity index (χ0n) is 11.0. The Kier molecular flexibility index (Phi) is 5.50. The van der Waals surface area contributed by atoms with E-state index in [-0.39, 0.29) is 0 Å². The molecule has 2 heteroatoms. The predicted molar refractivity (Wildman–Crippen MR) is 70.5 cm³/mol. The van der Waals surface area contributed by atoms with E-state index in [1.165, 1.54) is 11.1 Å². The fraction of sp³-hybridized carbons (Fsp3) is 0.571. The highest BCUT2D eigenvalue weighted by atomic mass is 15.1. The van der Waals surface area contributed by atoms with Gasteiger partial charge in [-0.05, 0) is 38.3 Å². The van der Waals surface area contributed by atoms with Crippen molar-refractivity contribution in [3.8, 4) is 0 Å². The summed E-state index contributed by atoms with van der Waals surface area (Å²) in [6.07, 6.45) is 0. The molecule has 2 nitrogen and oxygen atoms in total. The largest absolute Gasteiger partial charge is 0.302 e. The van der Waals surface area contributed by atoms with Gasteiger partial charge < -0.3 is 9.80 Å². The Labute approximate surface area is 99.9 Å². The lowest BCUT2D eigenvalue weighted by Gasteiger charge is -2.16. The lowest BCUT2D eigenvalue weighted by Crippen LogP contribution is -2.17. The number of benzene rings is 1. The average molecular weight is 220 g/mol. The molecular weight excluding hydrogens is 196 g/mol. The zero-order chi connectivity index (χ0) is 12.0. The highest BCUT2D eigenvalue weighted by molar-refractivity contribution is 5.22. The molecule has 0 radical (unpaired) electrons. The topological polar surface area (TPSA) is 6.48 Å². The van der Waals surface area contributed by atoms with Gasteiger partial charge in [0.25, 0.3) is 0 Å². The number of hydrogen-bond acceptors (Lipinski definition) is 2. The first-order valence-electron chi connectivity index (χ1n) is 6.10. The van der Waals surface area contributed by atoms with Crippen molar-refractivity contribution in [2.45, 2.75) is 26.9 Å². The third kappa shape index (κ3) is 4.33. The van der Waals surface area contributed by atoms with Gasteiger partial charge in [-0.15, -0.1) is 0 Å². The molecule has 0 amide bonds. The Morgan fingerprint density at radius 1 is 0.750 bits per heavy atom. The van der Waals surface area contributed by atoms with E-state index < -0.39 is 0 Å². The van der Waals surface area contributed by atoms with Gasteiger partial charge in [0, 0.05) is 13.1 Å². The fourth-order valence-electron chi connectivity index (χ4n) is 1.60. The summed E-state index contributed by atoms with van der Waals surface area (Å²) >= 11 is 0. The average Bonchev–Trinajstić information content (AvgIpc) is 2.31. The molecule has 0 heterocycles. The van der Waals surface area contributed by atoms with Crippen molar-refractivity contribution in [2.75, 3.05) is 27.2 Å². The Bertz CT molecular complexity index is 261. The van der Waals surface area contributed by atoms with E-state index in [1.807, 2.05) is 0 Å². The van der Waals surface area contributed by atoms with Gasteiger partial charge in [0.15, 0.2) is 0 Å². The van der Waals surface area contributed by atoms with Crippen molar-refractivity contribution in [1.82, 2.24) is 9.80 Å². The Balaban J connectivity index is 2.54. The van der Waals surface area contributed by atoms with Gasteiger partial charge in [0.2, 0.25) is 0 Å². The van der Waals surface area contributed by atoms with Gasteiger partial charge >= 0.3 is 0 Å². The van der Waals surface area contributed by atoms with Gasteiger partial charge in [-0.3, -0.25) is 0 Å².